The highest BCUT2D eigenvalue weighted by Crippen LogP contribution is 2.53. The van der Waals surface area contributed by atoms with Crippen LogP contribution in [0.1, 0.15) is 17.5 Å². The fourth-order valence-corrected chi connectivity index (χ4v) is 5.93. The number of aromatic hydroxyl groups is 1. The summed E-state index contributed by atoms with van der Waals surface area (Å²) in [4.78, 5) is 46.5. The van der Waals surface area contributed by atoms with Crippen molar-refractivity contribution in [3.63, 3.8) is 0 Å². The molecule has 200 valence electrons. The molecule has 3 aliphatic rings. The van der Waals surface area contributed by atoms with Gasteiger partial charge in [0.1, 0.15) is 22.2 Å². The summed E-state index contributed by atoms with van der Waals surface area (Å²) in [5, 5.41) is 47.7. The largest absolute Gasteiger partial charge is 0.508 e. The number of nitrogens with zero attached hydrogens (tertiary/aromatic N) is 3. The zero-order valence-corrected chi connectivity index (χ0v) is 21.6. The first-order valence-electron chi connectivity index (χ1n) is 11.7. The van der Waals surface area contributed by atoms with Gasteiger partial charge in [-0.15, -0.1) is 0 Å². The Morgan fingerprint density at radius 3 is 2.43 bits per heavy atom. The maximum Gasteiger partial charge on any atom is 0.255 e. The molecule has 0 spiro atoms. The zero-order chi connectivity index (χ0) is 27.6. The summed E-state index contributed by atoms with van der Waals surface area (Å²) >= 11 is 6.44. The topological polar surface area (TPSA) is 190 Å². The molecule has 4 atom stereocenters. The lowest BCUT2D eigenvalue weighted by Gasteiger charge is -2.50. The van der Waals surface area contributed by atoms with E-state index in [2.05, 4.69) is 10.3 Å². The summed E-state index contributed by atoms with van der Waals surface area (Å²) in [6, 6.07) is -1.15. The van der Waals surface area contributed by atoms with Crippen molar-refractivity contribution in [3.05, 3.63) is 33.2 Å². The number of amides is 1. The predicted molar refractivity (Wildman–Crippen MR) is 134 cm³/mol. The van der Waals surface area contributed by atoms with Crippen LogP contribution in [0.5, 0.6) is 5.75 Å². The average molecular weight is 536 g/mol. The third kappa shape index (κ3) is 3.95. The first kappa shape index (κ1) is 26.9. The number of rotatable bonds is 6. The molecular weight excluding hydrogens is 506 g/mol. The van der Waals surface area contributed by atoms with Crippen molar-refractivity contribution >= 4 is 40.7 Å². The van der Waals surface area contributed by atoms with Crippen LogP contribution in [-0.4, -0.2) is 106 Å². The summed E-state index contributed by atoms with van der Waals surface area (Å²) in [5.41, 5.74) is 1.73. The van der Waals surface area contributed by atoms with Crippen molar-refractivity contribution in [2.24, 2.45) is 17.6 Å². The lowest BCUT2D eigenvalue weighted by Crippen LogP contribution is -2.65. The number of pyridine rings is 1. The van der Waals surface area contributed by atoms with Gasteiger partial charge in [0, 0.05) is 30.1 Å². The molecule has 0 radical (unpaired) electrons. The summed E-state index contributed by atoms with van der Waals surface area (Å²) in [5.74, 6) is -7.21. The molecule has 13 heteroatoms. The van der Waals surface area contributed by atoms with Crippen LogP contribution >= 0.6 is 11.6 Å². The number of halogens is 1. The Morgan fingerprint density at radius 2 is 1.86 bits per heavy atom. The van der Waals surface area contributed by atoms with Crippen LogP contribution in [0.2, 0.25) is 5.15 Å². The fourth-order valence-electron chi connectivity index (χ4n) is 5.68. The fraction of sp³-hybridized carbons (Fsp3) is 0.500. The number of carbonyl (C=O) groups excluding carboxylic acids is 3. The van der Waals surface area contributed by atoms with Crippen molar-refractivity contribution in [1.82, 2.24) is 14.8 Å². The Labute approximate surface area is 218 Å². The van der Waals surface area contributed by atoms with E-state index >= 15 is 0 Å². The highest BCUT2D eigenvalue weighted by Gasteiger charge is 2.64. The molecule has 0 aliphatic heterocycles. The minimum absolute atomic E-state index is 0.00531. The number of aromatic nitrogens is 1. The standard InChI is InChI=1S/C24H30ClN5O7/c1-29(2)6-5-27-23-18(33)13-10(21(25)28-23)7-9-8-11-15(30(3)4)17(32)14(22(26)36)20(35)24(11,37)19(34)12(9)16(13)31/h9,11,15,31,33,35,37H,5-8H2,1-4H3,(H2,26,36)(H,27,28)/t9-,11-,15-,24-/m0/s1. The van der Waals surface area contributed by atoms with E-state index < -0.39 is 63.8 Å². The van der Waals surface area contributed by atoms with Crippen molar-refractivity contribution in [2.45, 2.75) is 24.5 Å². The number of likely N-dealkylation sites (N-methyl/N-ethyl adjacent to an activating group) is 2. The minimum atomic E-state index is -2.69. The Hall–Kier alpha value is -3.19. The zero-order valence-electron chi connectivity index (χ0n) is 20.9. The molecule has 4 rings (SSSR count). The Bertz CT molecular complexity index is 1270. The van der Waals surface area contributed by atoms with Gasteiger partial charge < -0.3 is 36.4 Å². The van der Waals surface area contributed by atoms with Crippen LogP contribution in [0.3, 0.4) is 0 Å². The van der Waals surface area contributed by atoms with E-state index in [9.17, 15) is 34.8 Å². The molecule has 1 heterocycles. The van der Waals surface area contributed by atoms with Crippen LogP contribution in [0, 0.1) is 11.8 Å². The molecule has 3 aliphatic carbocycles. The highest BCUT2D eigenvalue weighted by molar-refractivity contribution is 6.31. The van der Waals surface area contributed by atoms with Crippen LogP contribution < -0.4 is 11.1 Å². The van der Waals surface area contributed by atoms with Gasteiger partial charge in [0.05, 0.1) is 11.6 Å². The van der Waals surface area contributed by atoms with Crippen LogP contribution in [0.4, 0.5) is 5.82 Å². The monoisotopic (exact) mass is 535 g/mol. The van der Waals surface area contributed by atoms with Gasteiger partial charge in [-0.2, -0.15) is 0 Å². The number of primary amides is 1. The summed E-state index contributed by atoms with van der Waals surface area (Å²) in [6.45, 7) is 1.01. The number of aliphatic hydroxyl groups is 3. The van der Waals surface area contributed by atoms with Crippen molar-refractivity contribution in [1.29, 1.82) is 0 Å². The van der Waals surface area contributed by atoms with E-state index in [1.807, 2.05) is 19.0 Å². The van der Waals surface area contributed by atoms with Crippen molar-refractivity contribution < 1.29 is 34.8 Å². The molecule has 0 unspecified atom stereocenters. The molecule has 0 saturated heterocycles. The second-order valence-electron chi connectivity index (χ2n) is 10.1. The van der Waals surface area contributed by atoms with E-state index in [1.165, 1.54) is 19.0 Å². The highest BCUT2D eigenvalue weighted by atomic mass is 35.5. The van der Waals surface area contributed by atoms with Gasteiger partial charge in [-0.05, 0) is 47.0 Å². The molecule has 1 fully saturated rings. The van der Waals surface area contributed by atoms with Gasteiger partial charge in [-0.3, -0.25) is 19.3 Å². The summed E-state index contributed by atoms with van der Waals surface area (Å²) in [7, 11) is 6.81. The number of Topliss-reactive ketones (excluding diaryl/α,β-unsaturated/α-hetero) is 2. The van der Waals surface area contributed by atoms with Gasteiger partial charge >= 0.3 is 0 Å². The first-order chi connectivity index (χ1) is 17.2. The Kier molecular flexibility index (Phi) is 6.74. The van der Waals surface area contributed by atoms with E-state index in [1.54, 1.807) is 0 Å². The van der Waals surface area contributed by atoms with Crippen LogP contribution in [0.25, 0.3) is 5.76 Å². The quantitative estimate of drug-likeness (QED) is 0.212. The third-order valence-electron chi connectivity index (χ3n) is 7.39. The number of nitrogens with one attached hydrogen (secondary N) is 1. The molecule has 1 aromatic rings. The Balaban J connectivity index is 1.88. The molecule has 12 nitrogen and oxygen atoms in total. The average Bonchev–Trinajstić information content (AvgIpc) is 2.78. The normalized spacial score (nSPS) is 27.4. The van der Waals surface area contributed by atoms with E-state index in [-0.39, 0.29) is 34.9 Å². The number of nitrogens with two attached hydrogens (primary N) is 1. The van der Waals surface area contributed by atoms with E-state index in [0.717, 1.165) is 0 Å². The smallest absolute Gasteiger partial charge is 0.255 e. The molecule has 37 heavy (non-hydrogen) atoms. The second kappa shape index (κ2) is 9.28. The number of hydrogen-bond acceptors (Lipinski definition) is 11. The summed E-state index contributed by atoms with van der Waals surface area (Å²) in [6.07, 6.45) is 0.0532. The van der Waals surface area contributed by atoms with Crippen molar-refractivity contribution in [3.8, 4) is 5.75 Å². The molecule has 0 bridgehead atoms. The number of anilines is 1. The molecule has 1 aromatic heterocycles. The van der Waals surface area contributed by atoms with Crippen LogP contribution in [0.15, 0.2) is 16.9 Å². The number of aliphatic hydroxyl groups excluding tert-OH is 2. The molecule has 1 amide bonds. The molecule has 1 saturated carbocycles. The van der Waals surface area contributed by atoms with Gasteiger partial charge in [-0.25, -0.2) is 4.98 Å². The minimum Gasteiger partial charge on any atom is -0.508 e. The van der Waals surface area contributed by atoms with Gasteiger partial charge in [-0.1, -0.05) is 11.6 Å². The van der Waals surface area contributed by atoms with Gasteiger partial charge in [0.2, 0.25) is 5.78 Å². The van der Waals surface area contributed by atoms with E-state index in [4.69, 9.17) is 17.3 Å². The first-order valence-corrected chi connectivity index (χ1v) is 12.1. The van der Waals surface area contributed by atoms with Crippen molar-refractivity contribution in [2.75, 3.05) is 46.6 Å². The van der Waals surface area contributed by atoms with E-state index in [0.29, 0.717) is 18.7 Å². The predicted octanol–water partition coefficient (Wildman–Crippen LogP) is -0.0141. The number of hydrogen-bond donors (Lipinski definition) is 6. The van der Waals surface area contributed by atoms with Gasteiger partial charge in [0.25, 0.3) is 5.91 Å². The summed E-state index contributed by atoms with van der Waals surface area (Å²) < 4.78 is 0. The lowest BCUT2D eigenvalue weighted by atomic mass is 9.57. The molecular formula is C24H30ClN5O7. The lowest BCUT2D eigenvalue weighted by molar-refractivity contribution is -0.153. The second-order valence-corrected chi connectivity index (χ2v) is 10.5. The van der Waals surface area contributed by atoms with Gasteiger partial charge in [0.15, 0.2) is 23.0 Å². The third-order valence-corrected chi connectivity index (χ3v) is 7.70. The Morgan fingerprint density at radius 1 is 1.22 bits per heavy atom. The number of ketones is 2. The van der Waals surface area contributed by atoms with Crippen LogP contribution in [-0.2, 0) is 20.8 Å². The molecule has 7 N–H and O–H groups in total. The maximum absolute atomic E-state index is 13.8. The number of fused-ring (bicyclic) bond motifs is 3. The number of carbonyl (C=O) groups is 3. The SMILES string of the molecule is CN(C)CCNc1nc(Cl)c2c(c1O)C(O)=C1C(=O)[C@]3(O)C(O)=C(C(N)=O)C(=O)[C@@H](N(C)C)[C@@H]3C[C@@H]1C2. The molecule has 0 aromatic carbocycles. The maximum atomic E-state index is 13.8.